The quantitative estimate of drug-likeness (QED) is 0.759. The number of hydrogen-bond donors (Lipinski definition) is 0. The molecule has 1 amide bonds. The van der Waals surface area contributed by atoms with Crippen LogP contribution in [0.2, 0.25) is 0 Å². The summed E-state index contributed by atoms with van der Waals surface area (Å²) in [5.41, 5.74) is 0.210. The lowest BCUT2D eigenvalue weighted by Gasteiger charge is -2.35. The van der Waals surface area contributed by atoms with Crippen LogP contribution in [0.15, 0.2) is 35.5 Å². The van der Waals surface area contributed by atoms with E-state index in [-0.39, 0.29) is 19.0 Å². The molecule has 1 saturated heterocycles. The summed E-state index contributed by atoms with van der Waals surface area (Å²) >= 11 is 0. The maximum atomic E-state index is 13.6. The van der Waals surface area contributed by atoms with Gasteiger partial charge in [-0.2, -0.15) is 4.31 Å². The van der Waals surface area contributed by atoms with Crippen molar-refractivity contribution >= 4 is 26.9 Å². The predicted octanol–water partition coefficient (Wildman–Crippen LogP) is 3.60. The number of piperazine rings is 1. The van der Waals surface area contributed by atoms with Crippen LogP contribution in [-0.4, -0.2) is 60.5 Å². The number of pyridine rings is 1. The van der Waals surface area contributed by atoms with Crippen molar-refractivity contribution in [1.82, 2.24) is 14.2 Å². The molecule has 7 nitrogen and oxygen atoms in total. The van der Waals surface area contributed by atoms with Gasteiger partial charge in [-0.25, -0.2) is 13.2 Å². The number of benzene rings is 1. The van der Waals surface area contributed by atoms with Crippen molar-refractivity contribution in [2.75, 3.05) is 26.2 Å². The number of nitrogens with zero attached hydrogens (tertiary/aromatic N) is 3. The van der Waals surface area contributed by atoms with Crippen LogP contribution in [0.3, 0.4) is 0 Å². The van der Waals surface area contributed by atoms with Crippen molar-refractivity contribution in [2.45, 2.75) is 51.0 Å². The van der Waals surface area contributed by atoms with Gasteiger partial charge in [0.05, 0.1) is 4.90 Å². The van der Waals surface area contributed by atoms with Gasteiger partial charge in [0.2, 0.25) is 10.0 Å². The fraction of sp³-hybridized carbons (Fsp3) is 0.524. The molecule has 2 aromatic rings. The zero-order valence-electron chi connectivity index (χ0n) is 17.7. The Labute approximate surface area is 172 Å². The summed E-state index contributed by atoms with van der Waals surface area (Å²) in [6.07, 6.45) is 2.89. The average molecular weight is 420 g/mol. The van der Waals surface area contributed by atoms with E-state index in [1.807, 2.05) is 46.8 Å². The Bertz CT molecular complexity index is 1000. The van der Waals surface area contributed by atoms with Gasteiger partial charge < -0.3 is 9.64 Å². The summed E-state index contributed by atoms with van der Waals surface area (Å²) in [7, 11) is -3.72. The van der Waals surface area contributed by atoms with Crippen molar-refractivity contribution in [3.05, 3.63) is 36.2 Å². The Balaban J connectivity index is 1.90. The van der Waals surface area contributed by atoms with E-state index < -0.39 is 21.7 Å². The minimum absolute atomic E-state index is 0.0559. The molecule has 8 heteroatoms. The topological polar surface area (TPSA) is 79.8 Å². The number of sulfonamides is 1. The van der Waals surface area contributed by atoms with Gasteiger partial charge >= 0.3 is 6.09 Å². The lowest BCUT2D eigenvalue weighted by atomic mass is 10.00. The third kappa shape index (κ3) is 4.53. The standard InChI is InChI=1S/C21H29N3O4S/c1-15(2)17-7-6-16-14-22-9-8-18(16)19(17)29(26,27)24-12-10-23(11-13-24)20(25)28-21(3,4)5/h6-9,14-15H,10-13H2,1-5H3. The van der Waals surface area contributed by atoms with E-state index in [0.717, 1.165) is 10.9 Å². The molecule has 1 aromatic carbocycles. The van der Waals surface area contributed by atoms with Gasteiger partial charge in [-0.05, 0) is 38.3 Å². The highest BCUT2D eigenvalue weighted by Gasteiger charge is 2.34. The summed E-state index contributed by atoms with van der Waals surface area (Å²) in [5.74, 6) is 0.0559. The third-order valence-electron chi connectivity index (χ3n) is 4.91. The highest BCUT2D eigenvalue weighted by molar-refractivity contribution is 7.89. The molecule has 2 heterocycles. The maximum absolute atomic E-state index is 13.6. The van der Waals surface area contributed by atoms with Crippen molar-refractivity contribution in [1.29, 1.82) is 0 Å². The van der Waals surface area contributed by atoms with Crippen LogP contribution in [0.5, 0.6) is 0 Å². The first-order valence-electron chi connectivity index (χ1n) is 9.85. The third-order valence-corrected chi connectivity index (χ3v) is 6.93. The molecule has 0 bridgehead atoms. The van der Waals surface area contributed by atoms with Gasteiger partial charge in [0.25, 0.3) is 0 Å². The molecule has 0 radical (unpaired) electrons. The molecule has 0 spiro atoms. The molecular weight excluding hydrogens is 390 g/mol. The highest BCUT2D eigenvalue weighted by atomic mass is 32.2. The van der Waals surface area contributed by atoms with E-state index in [9.17, 15) is 13.2 Å². The van der Waals surface area contributed by atoms with E-state index in [1.54, 1.807) is 23.4 Å². The molecule has 158 valence electrons. The SMILES string of the molecule is CC(C)c1ccc2cnccc2c1S(=O)(=O)N1CCN(C(=O)OC(C)(C)C)CC1. The number of carbonyl (C=O) groups is 1. The van der Waals surface area contributed by atoms with Crippen LogP contribution in [0, 0.1) is 0 Å². The smallest absolute Gasteiger partial charge is 0.410 e. The normalized spacial score (nSPS) is 16.4. The second kappa shape index (κ2) is 7.91. The van der Waals surface area contributed by atoms with Gasteiger partial charge in [0.15, 0.2) is 0 Å². The minimum atomic E-state index is -3.72. The number of fused-ring (bicyclic) bond motifs is 1. The zero-order valence-corrected chi connectivity index (χ0v) is 18.5. The molecule has 1 aliphatic heterocycles. The van der Waals surface area contributed by atoms with Crippen LogP contribution in [-0.2, 0) is 14.8 Å². The molecule has 3 rings (SSSR count). The molecule has 0 atom stereocenters. The molecule has 1 aliphatic rings. The largest absolute Gasteiger partial charge is 0.444 e. The van der Waals surface area contributed by atoms with Crippen molar-refractivity contribution < 1.29 is 17.9 Å². The van der Waals surface area contributed by atoms with Crippen molar-refractivity contribution in [3.8, 4) is 0 Å². The Hall–Kier alpha value is -2.19. The van der Waals surface area contributed by atoms with E-state index in [1.165, 1.54) is 4.31 Å². The molecule has 29 heavy (non-hydrogen) atoms. The number of amides is 1. The van der Waals surface area contributed by atoms with Gasteiger partial charge in [0.1, 0.15) is 5.60 Å². The lowest BCUT2D eigenvalue weighted by molar-refractivity contribution is 0.0192. The van der Waals surface area contributed by atoms with Crippen LogP contribution in [0.4, 0.5) is 4.79 Å². The minimum Gasteiger partial charge on any atom is -0.444 e. The Morgan fingerprint density at radius 2 is 1.76 bits per heavy atom. The van der Waals surface area contributed by atoms with E-state index >= 15 is 0 Å². The molecule has 0 N–H and O–H groups in total. The number of rotatable bonds is 3. The van der Waals surface area contributed by atoms with Gasteiger partial charge in [0, 0.05) is 49.3 Å². The predicted molar refractivity (Wildman–Crippen MR) is 112 cm³/mol. The first kappa shape index (κ1) is 21.5. The summed E-state index contributed by atoms with van der Waals surface area (Å²) < 4.78 is 34.1. The lowest BCUT2D eigenvalue weighted by Crippen LogP contribution is -2.51. The monoisotopic (exact) mass is 419 g/mol. The number of carbonyl (C=O) groups excluding carboxylic acids is 1. The molecule has 1 fully saturated rings. The van der Waals surface area contributed by atoms with E-state index in [2.05, 4.69) is 4.98 Å². The first-order chi connectivity index (χ1) is 13.5. The Morgan fingerprint density at radius 3 is 2.34 bits per heavy atom. The van der Waals surface area contributed by atoms with Crippen LogP contribution >= 0.6 is 0 Å². The summed E-state index contributed by atoms with van der Waals surface area (Å²) in [6.45, 7) is 10.5. The van der Waals surface area contributed by atoms with Gasteiger partial charge in [-0.3, -0.25) is 4.98 Å². The second-order valence-corrected chi connectivity index (χ2v) is 10.5. The molecule has 0 saturated carbocycles. The number of hydrogen-bond acceptors (Lipinski definition) is 5. The average Bonchev–Trinajstić information content (AvgIpc) is 2.65. The van der Waals surface area contributed by atoms with Gasteiger partial charge in [-0.15, -0.1) is 0 Å². The highest BCUT2D eigenvalue weighted by Crippen LogP contribution is 2.33. The zero-order chi connectivity index (χ0) is 21.4. The van der Waals surface area contributed by atoms with E-state index in [4.69, 9.17) is 4.74 Å². The van der Waals surface area contributed by atoms with Crippen LogP contribution in [0.1, 0.15) is 46.1 Å². The maximum Gasteiger partial charge on any atom is 0.410 e. The van der Waals surface area contributed by atoms with Crippen LogP contribution < -0.4 is 0 Å². The van der Waals surface area contributed by atoms with Crippen LogP contribution in [0.25, 0.3) is 10.8 Å². The number of ether oxygens (including phenoxy) is 1. The molecule has 1 aromatic heterocycles. The molecular formula is C21H29N3O4S. The fourth-order valence-corrected chi connectivity index (χ4v) is 5.43. The Morgan fingerprint density at radius 1 is 1.10 bits per heavy atom. The summed E-state index contributed by atoms with van der Waals surface area (Å²) in [4.78, 5) is 18.3. The summed E-state index contributed by atoms with van der Waals surface area (Å²) in [6, 6.07) is 5.54. The second-order valence-electron chi connectivity index (χ2n) is 8.61. The molecule has 0 unspecified atom stereocenters. The molecule has 0 aliphatic carbocycles. The van der Waals surface area contributed by atoms with E-state index in [0.29, 0.717) is 23.4 Å². The fourth-order valence-electron chi connectivity index (χ4n) is 3.47. The van der Waals surface area contributed by atoms with Crippen molar-refractivity contribution in [2.24, 2.45) is 0 Å². The summed E-state index contributed by atoms with van der Waals surface area (Å²) in [5, 5.41) is 1.48. The number of aromatic nitrogens is 1. The Kier molecular flexibility index (Phi) is 5.87. The van der Waals surface area contributed by atoms with Gasteiger partial charge in [-0.1, -0.05) is 26.0 Å². The first-order valence-corrected chi connectivity index (χ1v) is 11.3. The van der Waals surface area contributed by atoms with Crippen molar-refractivity contribution in [3.63, 3.8) is 0 Å².